The van der Waals surface area contributed by atoms with Crippen molar-refractivity contribution in [3.63, 3.8) is 0 Å². The second-order valence-electron chi connectivity index (χ2n) is 5.51. The van der Waals surface area contributed by atoms with Crippen molar-refractivity contribution in [2.75, 3.05) is 36.4 Å². The van der Waals surface area contributed by atoms with E-state index in [0.29, 0.717) is 26.2 Å². The van der Waals surface area contributed by atoms with Crippen LogP contribution in [0.25, 0.3) is 0 Å². The van der Waals surface area contributed by atoms with Crippen LogP contribution < -0.4 is 10.2 Å². The van der Waals surface area contributed by atoms with Gasteiger partial charge in [-0.2, -0.15) is 0 Å². The topological polar surface area (TPSA) is 35.6 Å². The first-order chi connectivity index (χ1) is 11.5. The smallest absolute Gasteiger partial charge is 0.321 e. The van der Waals surface area contributed by atoms with Crippen LogP contribution in [0.15, 0.2) is 46.9 Å². The molecule has 1 aliphatic heterocycles. The molecule has 0 spiro atoms. The third kappa shape index (κ3) is 3.84. The molecule has 0 atom stereocenters. The fourth-order valence-corrected chi connectivity index (χ4v) is 2.86. The lowest BCUT2D eigenvalue weighted by Crippen LogP contribution is -2.50. The van der Waals surface area contributed by atoms with Gasteiger partial charge in [0.1, 0.15) is 0 Å². The summed E-state index contributed by atoms with van der Waals surface area (Å²) < 4.78 is 27.1. The fraction of sp³-hybridized carbons (Fsp3) is 0.235. The third-order valence-corrected chi connectivity index (χ3v) is 4.46. The first-order valence-corrected chi connectivity index (χ1v) is 8.34. The van der Waals surface area contributed by atoms with Gasteiger partial charge in [-0.3, -0.25) is 0 Å². The summed E-state index contributed by atoms with van der Waals surface area (Å²) in [5.41, 5.74) is 1.35. The minimum atomic E-state index is -0.979. The van der Waals surface area contributed by atoms with E-state index in [4.69, 9.17) is 0 Å². The van der Waals surface area contributed by atoms with Gasteiger partial charge in [0.15, 0.2) is 11.6 Å². The molecule has 3 rings (SSSR count). The van der Waals surface area contributed by atoms with Gasteiger partial charge in [0.2, 0.25) is 0 Å². The van der Waals surface area contributed by atoms with Crippen molar-refractivity contribution in [1.82, 2.24) is 4.90 Å². The van der Waals surface area contributed by atoms with Gasteiger partial charge in [0.25, 0.3) is 0 Å². The molecular formula is C17H16BrF2N3O. The maximum Gasteiger partial charge on any atom is 0.321 e. The summed E-state index contributed by atoms with van der Waals surface area (Å²) in [6.07, 6.45) is 0. The molecule has 0 saturated carbocycles. The third-order valence-electron chi connectivity index (χ3n) is 3.93. The normalized spacial score (nSPS) is 14.6. The molecule has 1 saturated heterocycles. The first-order valence-electron chi connectivity index (χ1n) is 7.54. The molecule has 0 aliphatic carbocycles. The molecule has 2 aromatic carbocycles. The fourth-order valence-electron chi connectivity index (χ4n) is 2.60. The van der Waals surface area contributed by atoms with Crippen molar-refractivity contribution in [2.24, 2.45) is 0 Å². The highest BCUT2D eigenvalue weighted by Gasteiger charge is 2.21. The zero-order chi connectivity index (χ0) is 17.1. The van der Waals surface area contributed by atoms with Crippen LogP contribution in [-0.4, -0.2) is 37.1 Å². The molecule has 1 fully saturated rings. The van der Waals surface area contributed by atoms with Gasteiger partial charge in [-0.25, -0.2) is 13.6 Å². The summed E-state index contributed by atoms with van der Waals surface area (Å²) in [5, 5.41) is 2.60. The molecule has 1 N–H and O–H groups in total. The lowest BCUT2D eigenvalue weighted by molar-refractivity contribution is 0.208. The van der Waals surface area contributed by atoms with E-state index in [2.05, 4.69) is 26.1 Å². The molecule has 7 heteroatoms. The van der Waals surface area contributed by atoms with Crippen molar-refractivity contribution in [1.29, 1.82) is 0 Å². The summed E-state index contributed by atoms with van der Waals surface area (Å²) in [5.74, 6) is -1.91. The van der Waals surface area contributed by atoms with E-state index in [-0.39, 0.29) is 11.7 Å². The van der Waals surface area contributed by atoms with E-state index in [0.717, 1.165) is 22.3 Å². The monoisotopic (exact) mass is 395 g/mol. The van der Waals surface area contributed by atoms with Gasteiger partial charge in [-0.05, 0) is 36.4 Å². The van der Waals surface area contributed by atoms with Crippen LogP contribution >= 0.6 is 15.9 Å². The maximum absolute atomic E-state index is 13.2. The summed E-state index contributed by atoms with van der Waals surface area (Å²) in [6.45, 7) is 2.55. The number of nitrogens with one attached hydrogen (secondary N) is 1. The van der Waals surface area contributed by atoms with Gasteiger partial charge in [0.05, 0.1) is 0 Å². The van der Waals surface area contributed by atoms with Crippen molar-refractivity contribution in [3.05, 3.63) is 58.6 Å². The zero-order valence-corrected chi connectivity index (χ0v) is 14.4. The largest absolute Gasteiger partial charge is 0.368 e. The minimum absolute atomic E-state index is 0.245. The number of hydrogen-bond acceptors (Lipinski definition) is 2. The molecule has 0 unspecified atom stereocenters. The highest BCUT2D eigenvalue weighted by Crippen LogP contribution is 2.20. The zero-order valence-electron chi connectivity index (χ0n) is 12.8. The van der Waals surface area contributed by atoms with Crippen LogP contribution in [0.3, 0.4) is 0 Å². The highest BCUT2D eigenvalue weighted by molar-refractivity contribution is 9.10. The first kappa shape index (κ1) is 16.7. The number of rotatable bonds is 2. The van der Waals surface area contributed by atoms with Gasteiger partial charge >= 0.3 is 6.03 Å². The minimum Gasteiger partial charge on any atom is -0.368 e. The molecule has 24 heavy (non-hydrogen) atoms. The Bertz CT molecular complexity index is 731. The number of carbonyl (C=O) groups is 1. The molecular weight excluding hydrogens is 380 g/mol. The molecule has 1 aliphatic rings. The average Bonchev–Trinajstić information content (AvgIpc) is 2.59. The second-order valence-corrected chi connectivity index (χ2v) is 6.43. The van der Waals surface area contributed by atoms with Crippen LogP contribution in [0.4, 0.5) is 25.0 Å². The SMILES string of the molecule is O=C(Nc1ccc(F)c(F)c1)N1CCN(c2ccc(Br)cc2)CC1. The second kappa shape index (κ2) is 7.17. The molecule has 0 aromatic heterocycles. The number of piperazine rings is 1. The Morgan fingerprint density at radius 3 is 2.25 bits per heavy atom. The average molecular weight is 396 g/mol. The molecule has 126 valence electrons. The lowest BCUT2D eigenvalue weighted by atomic mass is 10.2. The van der Waals surface area contributed by atoms with Crippen molar-refractivity contribution in [2.45, 2.75) is 0 Å². The van der Waals surface area contributed by atoms with E-state index in [1.54, 1.807) is 4.90 Å². The van der Waals surface area contributed by atoms with E-state index in [1.807, 2.05) is 24.3 Å². The maximum atomic E-state index is 13.2. The summed E-state index contributed by atoms with van der Waals surface area (Å²) >= 11 is 3.41. The van der Waals surface area contributed by atoms with Crippen LogP contribution in [0.2, 0.25) is 0 Å². The molecule has 0 radical (unpaired) electrons. The van der Waals surface area contributed by atoms with Crippen LogP contribution in [0.5, 0.6) is 0 Å². The highest BCUT2D eigenvalue weighted by atomic mass is 79.9. The summed E-state index contributed by atoms with van der Waals surface area (Å²) in [7, 11) is 0. The van der Waals surface area contributed by atoms with Crippen molar-refractivity contribution >= 4 is 33.3 Å². The molecule has 0 bridgehead atoms. The van der Waals surface area contributed by atoms with Gasteiger partial charge in [0, 0.05) is 48.1 Å². The van der Waals surface area contributed by atoms with Gasteiger partial charge < -0.3 is 15.1 Å². The number of anilines is 2. The number of carbonyl (C=O) groups excluding carboxylic acids is 1. The van der Waals surface area contributed by atoms with Crippen molar-refractivity contribution in [3.8, 4) is 0 Å². The number of halogens is 3. The van der Waals surface area contributed by atoms with E-state index in [9.17, 15) is 13.6 Å². The predicted molar refractivity (Wildman–Crippen MR) is 93.3 cm³/mol. The Morgan fingerprint density at radius 2 is 1.62 bits per heavy atom. The van der Waals surface area contributed by atoms with Gasteiger partial charge in [-0.1, -0.05) is 15.9 Å². The number of hydrogen-bond donors (Lipinski definition) is 1. The molecule has 1 heterocycles. The number of benzene rings is 2. The van der Waals surface area contributed by atoms with E-state index in [1.165, 1.54) is 6.07 Å². The summed E-state index contributed by atoms with van der Waals surface area (Å²) in [4.78, 5) is 16.1. The number of amides is 2. The Kier molecular flexibility index (Phi) is 4.99. The van der Waals surface area contributed by atoms with Crippen molar-refractivity contribution < 1.29 is 13.6 Å². The Labute approximate surface area is 147 Å². The van der Waals surface area contributed by atoms with E-state index >= 15 is 0 Å². The van der Waals surface area contributed by atoms with Crippen LogP contribution in [-0.2, 0) is 0 Å². The molecule has 2 aromatic rings. The van der Waals surface area contributed by atoms with E-state index < -0.39 is 11.6 Å². The quantitative estimate of drug-likeness (QED) is 0.831. The number of nitrogens with zero attached hydrogens (tertiary/aromatic N) is 2. The van der Waals surface area contributed by atoms with Gasteiger partial charge in [-0.15, -0.1) is 0 Å². The van der Waals surface area contributed by atoms with Crippen LogP contribution in [0, 0.1) is 11.6 Å². The number of urea groups is 1. The molecule has 4 nitrogen and oxygen atoms in total. The predicted octanol–water partition coefficient (Wildman–Crippen LogP) is 4.08. The Balaban J connectivity index is 1.56. The Morgan fingerprint density at radius 1 is 0.958 bits per heavy atom. The van der Waals surface area contributed by atoms with Crippen LogP contribution in [0.1, 0.15) is 0 Å². The summed E-state index contributed by atoms with van der Waals surface area (Å²) in [6, 6.07) is 11.0. The Hall–Kier alpha value is -2.15. The lowest BCUT2D eigenvalue weighted by Gasteiger charge is -2.36. The molecule has 2 amide bonds. The standard InChI is InChI=1S/C17H16BrF2N3O/c18-12-1-4-14(5-2-12)22-7-9-23(10-8-22)17(24)21-13-3-6-15(19)16(20)11-13/h1-6,11H,7-10H2,(H,21,24).